The summed E-state index contributed by atoms with van der Waals surface area (Å²) in [5.74, 6) is -0.560. The molecule has 0 fully saturated rings. The van der Waals surface area contributed by atoms with Crippen molar-refractivity contribution in [1.29, 1.82) is 0 Å². The van der Waals surface area contributed by atoms with Crippen molar-refractivity contribution < 1.29 is 9.59 Å². The van der Waals surface area contributed by atoms with Crippen molar-refractivity contribution in [2.75, 3.05) is 0 Å². The van der Waals surface area contributed by atoms with E-state index in [-0.39, 0.29) is 6.42 Å². The van der Waals surface area contributed by atoms with Gasteiger partial charge in [-0.2, -0.15) is 0 Å². The molecular weight excluding hydrogens is 140 g/mol. The summed E-state index contributed by atoms with van der Waals surface area (Å²) in [7, 11) is 0. The van der Waals surface area contributed by atoms with Gasteiger partial charge in [0.25, 0.3) is 5.24 Å². The summed E-state index contributed by atoms with van der Waals surface area (Å²) < 4.78 is 0. The molecule has 9 heavy (non-hydrogen) atoms. The van der Waals surface area contributed by atoms with Crippen molar-refractivity contribution in [3.05, 3.63) is 12.2 Å². The number of halogens is 1. The zero-order valence-corrected chi connectivity index (χ0v) is 5.81. The lowest BCUT2D eigenvalue weighted by molar-refractivity contribution is -0.131. The van der Waals surface area contributed by atoms with Crippen LogP contribution in [0.1, 0.15) is 13.3 Å². The number of Topliss-reactive ketones (excluding diaryl/α,β-unsaturated/α-hetero) is 1. The molecule has 0 aliphatic rings. The Labute approximate surface area is 58.5 Å². The Balaban J connectivity index is 3.65. The zero-order chi connectivity index (χ0) is 7.28. The molecule has 0 atom stereocenters. The van der Waals surface area contributed by atoms with Gasteiger partial charge in [0, 0.05) is 6.42 Å². The quantitative estimate of drug-likeness (QED) is 0.342. The fourth-order valence-electron chi connectivity index (χ4n) is 0.305. The number of hydrogen-bond donors (Lipinski definition) is 0. The second kappa shape index (κ2) is 4.27. The lowest BCUT2D eigenvalue weighted by Gasteiger charge is -1.82. The van der Waals surface area contributed by atoms with Crippen LogP contribution in [0.4, 0.5) is 0 Å². The molecule has 0 saturated carbocycles. The van der Waals surface area contributed by atoms with Gasteiger partial charge in [-0.15, -0.1) is 0 Å². The Kier molecular flexibility index (Phi) is 3.97. The van der Waals surface area contributed by atoms with Crippen LogP contribution in [0.15, 0.2) is 12.2 Å². The molecule has 0 heterocycles. The van der Waals surface area contributed by atoms with Crippen LogP contribution in [0.2, 0.25) is 0 Å². The van der Waals surface area contributed by atoms with Crippen LogP contribution in [0.25, 0.3) is 0 Å². The molecule has 0 radical (unpaired) electrons. The van der Waals surface area contributed by atoms with Gasteiger partial charge < -0.3 is 0 Å². The molecule has 0 aliphatic carbocycles. The van der Waals surface area contributed by atoms with Crippen LogP contribution in [0.3, 0.4) is 0 Å². The Bertz CT molecular complexity index is 149. The maximum atomic E-state index is 10.4. The Morgan fingerprint density at radius 2 is 2.11 bits per heavy atom. The Morgan fingerprint density at radius 3 is 2.44 bits per heavy atom. The highest BCUT2D eigenvalue weighted by molar-refractivity contribution is 6.81. The Morgan fingerprint density at radius 1 is 1.56 bits per heavy atom. The highest BCUT2D eigenvalue weighted by Gasteiger charge is 2.05. The topological polar surface area (TPSA) is 34.1 Å². The molecule has 2 nitrogen and oxygen atoms in total. The first kappa shape index (κ1) is 8.37. The number of ketones is 1. The smallest absolute Gasteiger partial charge is 0.288 e. The van der Waals surface area contributed by atoms with Gasteiger partial charge in [-0.1, -0.05) is 12.2 Å². The molecule has 0 aromatic rings. The third-order valence-electron chi connectivity index (χ3n) is 0.758. The molecule has 0 saturated heterocycles. The van der Waals surface area contributed by atoms with Crippen molar-refractivity contribution in [1.82, 2.24) is 0 Å². The molecule has 0 aromatic carbocycles. The summed E-state index contributed by atoms with van der Waals surface area (Å²) in [4.78, 5) is 20.4. The lowest BCUT2D eigenvalue weighted by atomic mass is 10.3. The maximum absolute atomic E-state index is 10.4. The van der Waals surface area contributed by atoms with E-state index >= 15 is 0 Å². The molecule has 0 aromatic heterocycles. The van der Waals surface area contributed by atoms with E-state index in [1.165, 1.54) is 0 Å². The van der Waals surface area contributed by atoms with Gasteiger partial charge in [0.1, 0.15) is 0 Å². The predicted molar refractivity (Wildman–Crippen MR) is 35.3 cm³/mol. The summed E-state index contributed by atoms with van der Waals surface area (Å²) in [6, 6.07) is 0. The third kappa shape index (κ3) is 3.91. The third-order valence-corrected chi connectivity index (χ3v) is 0.969. The molecule has 3 heteroatoms. The summed E-state index contributed by atoms with van der Waals surface area (Å²) in [6.45, 7) is 1.77. The second-order valence-electron chi connectivity index (χ2n) is 1.47. The number of hydrogen-bond acceptors (Lipinski definition) is 2. The summed E-state index contributed by atoms with van der Waals surface area (Å²) in [5, 5.41) is -0.895. The fraction of sp³-hybridized carbons (Fsp3) is 0.333. The molecule has 0 spiro atoms. The number of carbonyl (C=O) groups is 2. The van der Waals surface area contributed by atoms with Gasteiger partial charge in [0.15, 0.2) is 0 Å². The summed E-state index contributed by atoms with van der Waals surface area (Å²) in [5.41, 5.74) is 0. The molecule has 0 amide bonds. The average Bonchev–Trinajstić information content (AvgIpc) is 1.82. The van der Waals surface area contributed by atoms with E-state index < -0.39 is 11.0 Å². The average molecular weight is 147 g/mol. The normalized spacial score (nSPS) is 10.0. The largest absolute Gasteiger partial charge is 0.289 e. The van der Waals surface area contributed by atoms with E-state index in [0.717, 1.165) is 0 Å². The van der Waals surface area contributed by atoms with Crippen LogP contribution < -0.4 is 0 Å². The van der Waals surface area contributed by atoms with E-state index in [1.807, 2.05) is 0 Å². The summed E-state index contributed by atoms with van der Waals surface area (Å²) >= 11 is 4.84. The van der Waals surface area contributed by atoms with Crippen LogP contribution >= 0.6 is 11.6 Å². The van der Waals surface area contributed by atoms with E-state index in [0.29, 0.717) is 0 Å². The van der Waals surface area contributed by atoms with Crippen molar-refractivity contribution in [2.24, 2.45) is 0 Å². The number of carbonyl (C=O) groups excluding carboxylic acids is 2. The number of allylic oxidation sites excluding steroid dienone is 2. The van der Waals surface area contributed by atoms with Crippen LogP contribution in [-0.4, -0.2) is 11.0 Å². The zero-order valence-electron chi connectivity index (χ0n) is 5.06. The highest BCUT2D eigenvalue weighted by atomic mass is 35.5. The molecular formula is C6H7ClO2. The first-order valence-corrected chi connectivity index (χ1v) is 2.90. The second-order valence-corrected chi connectivity index (χ2v) is 1.81. The fourth-order valence-corrected chi connectivity index (χ4v) is 0.382. The first-order chi connectivity index (χ1) is 4.18. The number of rotatable bonds is 3. The maximum Gasteiger partial charge on any atom is 0.288 e. The molecule has 0 N–H and O–H groups in total. The van der Waals surface area contributed by atoms with Crippen molar-refractivity contribution in [2.45, 2.75) is 13.3 Å². The lowest BCUT2D eigenvalue weighted by Crippen LogP contribution is -2.04. The first-order valence-electron chi connectivity index (χ1n) is 2.52. The molecule has 0 unspecified atom stereocenters. The van der Waals surface area contributed by atoms with E-state index in [4.69, 9.17) is 11.6 Å². The van der Waals surface area contributed by atoms with Gasteiger partial charge in [0.05, 0.1) is 0 Å². The van der Waals surface area contributed by atoms with Crippen molar-refractivity contribution in [3.8, 4) is 0 Å². The minimum absolute atomic E-state index is 0.110. The van der Waals surface area contributed by atoms with Crippen molar-refractivity contribution >= 4 is 22.6 Å². The van der Waals surface area contributed by atoms with E-state index in [9.17, 15) is 9.59 Å². The van der Waals surface area contributed by atoms with E-state index in [2.05, 4.69) is 0 Å². The van der Waals surface area contributed by atoms with Gasteiger partial charge in [-0.25, -0.2) is 0 Å². The predicted octanol–water partition coefficient (Wildman–Crippen LogP) is 1.29. The molecule has 0 bridgehead atoms. The van der Waals surface area contributed by atoms with Crippen LogP contribution in [-0.2, 0) is 9.59 Å². The van der Waals surface area contributed by atoms with Gasteiger partial charge in [0.2, 0.25) is 5.78 Å². The SMILES string of the molecule is C/C=C/CC(=O)C(=O)Cl. The van der Waals surface area contributed by atoms with Crippen LogP contribution in [0.5, 0.6) is 0 Å². The minimum atomic E-state index is -0.895. The van der Waals surface area contributed by atoms with Crippen LogP contribution in [0, 0.1) is 0 Å². The van der Waals surface area contributed by atoms with Gasteiger partial charge >= 0.3 is 0 Å². The van der Waals surface area contributed by atoms with Gasteiger partial charge in [-0.05, 0) is 18.5 Å². The minimum Gasteiger partial charge on any atom is -0.289 e. The molecule has 0 rings (SSSR count). The molecule has 50 valence electrons. The summed E-state index contributed by atoms with van der Waals surface area (Å²) in [6.07, 6.45) is 3.39. The van der Waals surface area contributed by atoms with Gasteiger partial charge in [-0.3, -0.25) is 9.59 Å². The van der Waals surface area contributed by atoms with E-state index in [1.54, 1.807) is 19.1 Å². The monoisotopic (exact) mass is 146 g/mol. The Hall–Kier alpha value is -0.630. The highest BCUT2D eigenvalue weighted by Crippen LogP contribution is 1.90. The molecule has 0 aliphatic heterocycles. The van der Waals surface area contributed by atoms with Crippen molar-refractivity contribution in [3.63, 3.8) is 0 Å². The standard InChI is InChI=1S/C6H7ClO2/c1-2-3-4-5(8)6(7)9/h2-3H,4H2,1H3/b3-2+.